The zero-order valence-corrected chi connectivity index (χ0v) is 9.42. The highest BCUT2D eigenvalue weighted by Crippen LogP contribution is 2.17. The lowest BCUT2D eigenvalue weighted by molar-refractivity contribution is 0.102. The van der Waals surface area contributed by atoms with Gasteiger partial charge < -0.3 is 11.1 Å². The van der Waals surface area contributed by atoms with Crippen LogP contribution in [0.1, 0.15) is 10.4 Å². The van der Waals surface area contributed by atoms with Crippen molar-refractivity contribution >= 4 is 39.7 Å². The fourth-order valence-corrected chi connectivity index (χ4v) is 1.61. The number of hydrogen-bond acceptors (Lipinski definition) is 6. The lowest BCUT2D eigenvalue weighted by atomic mass is 10.2. The van der Waals surface area contributed by atoms with Crippen LogP contribution in [-0.2, 0) is 0 Å². The van der Waals surface area contributed by atoms with Crippen LogP contribution in [0.15, 0.2) is 18.5 Å². The molecule has 0 saturated carbocycles. The van der Waals surface area contributed by atoms with E-state index in [-0.39, 0.29) is 22.3 Å². The van der Waals surface area contributed by atoms with Gasteiger partial charge in [0.15, 0.2) is 0 Å². The number of nitrogen functional groups attached to an aromatic ring is 1. The van der Waals surface area contributed by atoms with Crippen LogP contribution in [0, 0.1) is 0 Å². The van der Waals surface area contributed by atoms with Gasteiger partial charge in [-0.1, -0.05) is 16.1 Å². The summed E-state index contributed by atoms with van der Waals surface area (Å²) in [6.45, 7) is 0. The molecule has 82 valence electrons. The zero-order valence-electron chi connectivity index (χ0n) is 7.85. The summed E-state index contributed by atoms with van der Waals surface area (Å²) in [6.07, 6.45) is 2.78. The van der Waals surface area contributed by atoms with Gasteiger partial charge in [-0.3, -0.25) is 4.79 Å². The van der Waals surface area contributed by atoms with Crippen molar-refractivity contribution in [2.45, 2.75) is 0 Å². The van der Waals surface area contributed by atoms with E-state index in [0.717, 1.165) is 11.5 Å². The summed E-state index contributed by atoms with van der Waals surface area (Å²) in [5.41, 5.74) is 6.14. The quantitative estimate of drug-likeness (QED) is 0.792. The maximum atomic E-state index is 11.8. The molecule has 0 radical (unpaired) electrons. The number of carbonyl (C=O) groups excluding carboxylic acids is 1. The largest absolute Gasteiger partial charge is 0.397 e. The number of halogens is 1. The van der Waals surface area contributed by atoms with Gasteiger partial charge in [-0.2, -0.15) is 0 Å². The molecule has 8 heteroatoms. The third-order valence-corrected chi connectivity index (χ3v) is 2.53. The molecule has 0 fully saturated rings. The molecular weight excluding hydrogens is 250 g/mol. The Morgan fingerprint density at radius 1 is 1.50 bits per heavy atom. The van der Waals surface area contributed by atoms with E-state index in [1.165, 1.54) is 18.5 Å². The summed E-state index contributed by atoms with van der Waals surface area (Å²) in [5, 5.41) is 6.94. The number of nitrogens with two attached hydrogens (primary N) is 1. The number of hydrogen-bond donors (Lipinski definition) is 2. The molecule has 1 amide bonds. The SMILES string of the molecule is Nc1cnc(Cl)cc1C(=O)Nc1cnns1. The molecule has 0 bridgehead atoms. The normalized spacial score (nSPS) is 10.1. The van der Waals surface area contributed by atoms with Crippen LogP contribution in [0.5, 0.6) is 0 Å². The van der Waals surface area contributed by atoms with Crippen molar-refractivity contribution < 1.29 is 4.79 Å². The Kier molecular flexibility index (Phi) is 2.97. The number of pyridine rings is 1. The number of carbonyl (C=O) groups is 1. The van der Waals surface area contributed by atoms with E-state index in [2.05, 4.69) is 19.9 Å². The molecule has 2 aromatic heterocycles. The molecule has 0 aliphatic heterocycles. The molecule has 2 rings (SSSR count). The van der Waals surface area contributed by atoms with Crippen LogP contribution < -0.4 is 11.1 Å². The van der Waals surface area contributed by atoms with E-state index in [1.54, 1.807) is 0 Å². The number of anilines is 2. The van der Waals surface area contributed by atoms with Crippen molar-refractivity contribution in [2.24, 2.45) is 0 Å². The van der Waals surface area contributed by atoms with Gasteiger partial charge in [-0.15, -0.1) is 5.10 Å². The first-order valence-electron chi connectivity index (χ1n) is 4.16. The second kappa shape index (κ2) is 4.42. The van der Waals surface area contributed by atoms with Gasteiger partial charge in [0.25, 0.3) is 5.91 Å². The van der Waals surface area contributed by atoms with Gasteiger partial charge in [-0.25, -0.2) is 4.98 Å². The minimum absolute atomic E-state index is 0.210. The lowest BCUT2D eigenvalue weighted by Gasteiger charge is -2.04. The second-order valence-corrected chi connectivity index (χ2v) is 4.00. The van der Waals surface area contributed by atoms with Gasteiger partial charge in [0.05, 0.1) is 23.6 Å². The van der Waals surface area contributed by atoms with E-state index < -0.39 is 0 Å². The zero-order chi connectivity index (χ0) is 11.5. The first-order chi connectivity index (χ1) is 7.66. The van der Waals surface area contributed by atoms with Crippen molar-refractivity contribution in [2.75, 3.05) is 11.1 Å². The average Bonchev–Trinajstić information content (AvgIpc) is 2.74. The van der Waals surface area contributed by atoms with E-state index in [9.17, 15) is 4.79 Å². The van der Waals surface area contributed by atoms with Crippen LogP contribution in [0.2, 0.25) is 5.15 Å². The standard InChI is InChI=1S/C8H6ClN5OS/c9-6-1-4(5(10)2-11-6)8(15)13-7-3-12-14-16-7/h1-3H,10H2,(H,13,15). The number of amides is 1. The first kappa shape index (κ1) is 10.8. The molecule has 0 spiro atoms. The Bertz CT molecular complexity index is 515. The van der Waals surface area contributed by atoms with Gasteiger partial charge in [0, 0.05) is 11.5 Å². The summed E-state index contributed by atoms with van der Waals surface area (Å²) in [5.74, 6) is -0.368. The highest BCUT2D eigenvalue weighted by Gasteiger charge is 2.12. The van der Waals surface area contributed by atoms with E-state index >= 15 is 0 Å². The van der Waals surface area contributed by atoms with Crippen LogP contribution in [0.25, 0.3) is 0 Å². The Balaban J connectivity index is 2.24. The van der Waals surface area contributed by atoms with Crippen LogP contribution in [-0.4, -0.2) is 20.5 Å². The van der Waals surface area contributed by atoms with Crippen molar-refractivity contribution in [1.82, 2.24) is 14.6 Å². The van der Waals surface area contributed by atoms with Gasteiger partial charge in [0.2, 0.25) is 0 Å². The van der Waals surface area contributed by atoms with Crippen LogP contribution in [0.3, 0.4) is 0 Å². The van der Waals surface area contributed by atoms with Gasteiger partial charge >= 0.3 is 0 Å². The molecule has 0 atom stereocenters. The summed E-state index contributed by atoms with van der Waals surface area (Å²) in [4.78, 5) is 15.5. The van der Waals surface area contributed by atoms with Crippen molar-refractivity contribution in [3.63, 3.8) is 0 Å². The second-order valence-electron chi connectivity index (χ2n) is 2.83. The van der Waals surface area contributed by atoms with Gasteiger partial charge in [0.1, 0.15) is 10.2 Å². The number of aromatic nitrogens is 3. The average molecular weight is 256 g/mol. The molecule has 16 heavy (non-hydrogen) atoms. The Hall–Kier alpha value is -1.73. The molecule has 0 unspecified atom stereocenters. The third-order valence-electron chi connectivity index (χ3n) is 1.74. The van der Waals surface area contributed by atoms with E-state index in [0.29, 0.717) is 5.00 Å². The smallest absolute Gasteiger partial charge is 0.258 e. The fraction of sp³-hybridized carbons (Fsp3) is 0. The third kappa shape index (κ3) is 2.26. The summed E-state index contributed by atoms with van der Waals surface area (Å²) in [7, 11) is 0. The summed E-state index contributed by atoms with van der Waals surface area (Å²) >= 11 is 6.75. The van der Waals surface area contributed by atoms with E-state index in [1.807, 2.05) is 0 Å². The predicted octanol–water partition coefficient (Wildman–Crippen LogP) is 1.42. The summed E-state index contributed by atoms with van der Waals surface area (Å²) < 4.78 is 3.62. The Labute approximate surface area is 99.6 Å². The monoisotopic (exact) mass is 255 g/mol. The van der Waals surface area contributed by atoms with E-state index in [4.69, 9.17) is 17.3 Å². The molecule has 6 nitrogen and oxygen atoms in total. The Morgan fingerprint density at radius 3 is 3.00 bits per heavy atom. The molecule has 2 aromatic rings. The van der Waals surface area contributed by atoms with Crippen molar-refractivity contribution in [1.29, 1.82) is 0 Å². The van der Waals surface area contributed by atoms with Crippen molar-refractivity contribution in [3.8, 4) is 0 Å². The molecule has 0 aliphatic rings. The molecule has 0 aromatic carbocycles. The molecule has 0 aliphatic carbocycles. The molecule has 2 heterocycles. The molecular formula is C8H6ClN5OS. The highest BCUT2D eigenvalue weighted by molar-refractivity contribution is 7.10. The summed E-state index contributed by atoms with van der Waals surface area (Å²) in [6, 6.07) is 1.40. The van der Waals surface area contributed by atoms with Crippen LogP contribution in [0.4, 0.5) is 10.7 Å². The number of nitrogens with one attached hydrogen (secondary N) is 1. The lowest BCUT2D eigenvalue weighted by Crippen LogP contribution is -2.13. The fourth-order valence-electron chi connectivity index (χ4n) is 1.04. The predicted molar refractivity (Wildman–Crippen MR) is 61.5 cm³/mol. The first-order valence-corrected chi connectivity index (χ1v) is 5.31. The Morgan fingerprint density at radius 2 is 2.31 bits per heavy atom. The minimum atomic E-state index is -0.368. The maximum Gasteiger partial charge on any atom is 0.258 e. The van der Waals surface area contributed by atoms with Crippen LogP contribution >= 0.6 is 23.1 Å². The van der Waals surface area contributed by atoms with Gasteiger partial charge in [-0.05, 0) is 6.07 Å². The topological polar surface area (TPSA) is 93.8 Å². The molecule has 3 N–H and O–H groups in total. The maximum absolute atomic E-state index is 11.8. The highest BCUT2D eigenvalue weighted by atomic mass is 35.5. The number of rotatable bonds is 2. The minimum Gasteiger partial charge on any atom is -0.397 e. The molecule has 0 saturated heterocycles. The van der Waals surface area contributed by atoms with Crippen molar-refractivity contribution in [3.05, 3.63) is 29.2 Å². The number of nitrogens with zero attached hydrogens (tertiary/aromatic N) is 3.